The highest BCUT2D eigenvalue weighted by Gasteiger charge is 2.41. The van der Waals surface area contributed by atoms with Gasteiger partial charge in [0.05, 0.1) is 25.2 Å². The van der Waals surface area contributed by atoms with Crippen LogP contribution in [0, 0.1) is 0 Å². The molecule has 1 amide bonds. The van der Waals surface area contributed by atoms with Gasteiger partial charge in [-0.05, 0) is 19.8 Å². The lowest BCUT2D eigenvalue weighted by atomic mass is 9.91. The van der Waals surface area contributed by atoms with Gasteiger partial charge in [-0.15, -0.1) is 0 Å². The molecule has 4 heteroatoms. The summed E-state index contributed by atoms with van der Waals surface area (Å²) in [7, 11) is 0. The van der Waals surface area contributed by atoms with Crippen LogP contribution in [-0.4, -0.2) is 47.2 Å². The van der Waals surface area contributed by atoms with Gasteiger partial charge in [0.2, 0.25) is 5.91 Å². The van der Waals surface area contributed by atoms with Crippen LogP contribution in [0.1, 0.15) is 33.6 Å². The van der Waals surface area contributed by atoms with Crippen molar-refractivity contribution in [1.82, 2.24) is 10.2 Å². The van der Waals surface area contributed by atoms with E-state index in [1.54, 1.807) is 4.90 Å². The van der Waals surface area contributed by atoms with Gasteiger partial charge in [0.15, 0.2) is 0 Å². The first-order chi connectivity index (χ1) is 7.00. The highest BCUT2D eigenvalue weighted by molar-refractivity contribution is 5.79. The quantitative estimate of drug-likeness (QED) is 0.694. The van der Waals surface area contributed by atoms with Crippen molar-refractivity contribution in [3.8, 4) is 0 Å². The molecule has 0 saturated carbocycles. The fourth-order valence-electron chi connectivity index (χ4n) is 1.58. The maximum Gasteiger partial charge on any atom is 0.236 e. The maximum atomic E-state index is 11.6. The SMILES string of the molecule is CCC(C)NCC(=O)N1CC(O)(CC)C1. The smallest absolute Gasteiger partial charge is 0.236 e. The molecule has 0 aromatic carbocycles. The van der Waals surface area contributed by atoms with Crippen LogP contribution in [0.5, 0.6) is 0 Å². The highest BCUT2D eigenvalue weighted by atomic mass is 16.3. The molecule has 1 rings (SSSR count). The average Bonchev–Trinajstić information content (AvgIpc) is 2.20. The minimum atomic E-state index is -0.619. The van der Waals surface area contributed by atoms with E-state index in [-0.39, 0.29) is 5.91 Å². The number of β-amino-alcohol motifs (C(OH)–C–C–N with tert-alkyl or cyclic N) is 1. The Labute approximate surface area is 91.6 Å². The second-order valence-corrected chi connectivity index (χ2v) is 4.52. The summed E-state index contributed by atoms with van der Waals surface area (Å²) < 4.78 is 0. The minimum Gasteiger partial charge on any atom is -0.386 e. The third-order valence-electron chi connectivity index (χ3n) is 3.20. The first-order valence-corrected chi connectivity index (χ1v) is 5.74. The molecule has 0 aliphatic carbocycles. The molecule has 1 atom stereocenters. The molecule has 1 aliphatic heterocycles. The van der Waals surface area contributed by atoms with Crippen LogP contribution < -0.4 is 5.32 Å². The normalized spacial score (nSPS) is 20.9. The zero-order chi connectivity index (χ0) is 11.5. The fourth-order valence-corrected chi connectivity index (χ4v) is 1.58. The number of hydrogen-bond donors (Lipinski definition) is 2. The summed E-state index contributed by atoms with van der Waals surface area (Å²) in [5.74, 6) is 0.0911. The van der Waals surface area contributed by atoms with Gasteiger partial charge in [-0.1, -0.05) is 13.8 Å². The number of hydrogen-bond acceptors (Lipinski definition) is 3. The molecule has 0 spiro atoms. The van der Waals surface area contributed by atoms with Gasteiger partial charge in [-0.3, -0.25) is 4.79 Å². The van der Waals surface area contributed by atoms with E-state index in [1.165, 1.54) is 0 Å². The van der Waals surface area contributed by atoms with Gasteiger partial charge in [-0.25, -0.2) is 0 Å². The summed E-state index contributed by atoms with van der Waals surface area (Å²) in [4.78, 5) is 13.3. The van der Waals surface area contributed by atoms with Crippen molar-refractivity contribution < 1.29 is 9.90 Å². The largest absolute Gasteiger partial charge is 0.386 e. The number of aliphatic hydroxyl groups is 1. The zero-order valence-corrected chi connectivity index (χ0v) is 9.92. The molecular formula is C11H22N2O2. The second-order valence-electron chi connectivity index (χ2n) is 4.52. The Kier molecular flexibility index (Phi) is 4.11. The van der Waals surface area contributed by atoms with Crippen LogP contribution in [0.3, 0.4) is 0 Å². The van der Waals surface area contributed by atoms with Gasteiger partial charge in [0, 0.05) is 6.04 Å². The van der Waals surface area contributed by atoms with Gasteiger partial charge >= 0.3 is 0 Å². The molecule has 1 saturated heterocycles. The molecule has 0 aromatic rings. The predicted octanol–water partition coefficient (Wildman–Crippen LogP) is 0.358. The third kappa shape index (κ3) is 3.18. The van der Waals surface area contributed by atoms with Crippen LogP contribution in [0.15, 0.2) is 0 Å². The van der Waals surface area contributed by atoms with Crippen LogP contribution in [0.25, 0.3) is 0 Å². The summed E-state index contributed by atoms with van der Waals surface area (Å²) in [6.45, 7) is 7.45. The first-order valence-electron chi connectivity index (χ1n) is 5.74. The van der Waals surface area contributed by atoms with Crippen molar-refractivity contribution in [2.24, 2.45) is 0 Å². The Morgan fingerprint density at radius 3 is 2.60 bits per heavy atom. The Balaban J connectivity index is 2.21. The van der Waals surface area contributed by atoms with E-state index in [1.807, 2.05) is 6.92 Å². The monoisotopic (exact) mass is 214 g/mol. The van der Waals surface area contributed by atoms with Crippen molar-refractivity contribution in [1.29, 1.82) is 0 Å². The van der Waals surface area contributed by atoms with Crippen molar-refractivity contribution in [3.05, 3.63) is 0 Å². The van der Waals surface area contributed by atoms with Crippen molar-refractivity contribution in [2.45, 2.75) is 45.3 Å². The van der Waals surface area contributed by atoms with Crippen molar-refractivity contribution >= 4 is 5.91 Å². The molecule has 4 nitrogen and oxygen atoms in total. The molecule has 0 radical (unpaired) electrons. The number of nitrogens with one attached hydrogen (secondary N) is 1. The maximum absolute atomic E-state index is 11.6. The van der Waals surface area contributed by atoms with E-state index in [2.05, 4.69) is 19.2 Å². The summed E-state index contributed by atoms with van der Waals surface area (Å²) in [6.07, 6.45) is 1.74. The van der Waals surface area contributed by atoms with E-state index >= 15 is 0 Å². The molecule has 1 fully saturated rings. The fraction of sp³-hybridized carbons (Fsp3) is 0.909. The second kappa shape index (κ2) is 4.94. The lowest BCUT2D eigenvalue weighted by Gasteiger charge is -2.46. The molecule has 0 bridgehead atoms. The van der Waals surface area contributed by atoms with Gasteiger partial charge < -0.3 is 15.3 Å². The number of carbonyl (C=O) groups excluding carboxylic acids is 1. The summed E-state index contributed by atoms with van der Waals surface area (Å²) in [6, 6.07) is 0.375. The molecule has 2 N–H and O–H groups in total. The van der Waals surface area contributed by atoms with E-state index in [9.17, 15) is 9.90 Å². The summed E-state index contributed by atoms with van der Waals surface area (Å²) >= 11 is 0. The van der Waals surface area contributed by atoms with Crippen LogP contribution >= 0.6 is 0 Å². The average molecular weight is 214 g/mol. The standard InChI is InChI=1S/C11H22N2O2/c1-4-9(3)12-6-10(14)13-7-11(15,5-2)8-13/h9,12,15H,4-8H2,1-3H3. The number of likely N-dealkylation sites (tertiary alicyclic amines) is 1. The summed E-state index contributed by atoms with van der Waals surface area (Å²) in [5, 5.41) is 12.9. The minimum absolute atomic E-state index is 0.0911. The molecule has 1 heterocycles. The molecule has 15 heavy (non-hydrogen) atoms. The van der Waals surface area contributed by atoms with Crippen LogP contribution in [0.4, 0.5) is 0 Å². The molecular weight excluding hydrogens is 192 g/mol. The van der Waals surface area contributed by atoms with Gasteiger partial charge in [0.1, 0.15) is 0 Å². The molecule has 1 aliphatic rings. The molecule has 0 aromatic heterocycles. The van der Waals surface area contributed by atoms with E-state index in [0.29, 0.717) is 25.7 Å². The van der Waals surface area contributed by atoms with Crippen molar-refractivity contribution in [3.63, 3.8) is 0 Å². The number of carbonyl (C=O) groups is 1. The number of amides is 1. The van der Waals surface area contributed by atoms with Crippen LogP contribution in [0.2, 0.25) is 0 Å². The van der Waals surface area contributed by atoms with E-state index < -0.39 is 5.60 Å². The Morgan fingerprint density at radius 1 is 1.53 bits per heavy atom. The topological polar surface area (TPSA) is 52.6 Å². The zero-order valence-electron chi connectivity index (χ0n) is 9.92. The Morgan fingerprint density at radius 2 is 2.13 bits per heavy atom. The van der Waals surface area contributed by atoms with Crippen LogP contribution in [-0.2, 0) is 4.79 Å². The highest BCUT2D eigenvalue weighted by Crippen LogP contribution is 2.23. The lowest BCUT2D eigenvalue weighted by Crippen LogP contribution is -2.64. The summed E-state index contributed by atoms with van der Waals surface area (Å²) in [5.41, 5.74) is -0.619. The Hall–Kier alpha value is -0.610. The third-order valence-corrected chi connectivity index (χ3v) is 3.20. The number of nitrogens with zero attached hydrogens (tertiary/aromatic N) is 1. The van der Waals surface area contributed by atoms with E-state index in [0.717, 1.165) is 12.8 Å². The number of rotatable bonds is 5. The van der Waals surface area contributed by atoms with Gasteiger partial charge in [-0.2, -0.15) is 0 Å². The van der Waals surface area contributed by atoms with E-state index in [4.69, 9.17) is 0 Å². The Bertz CT molecular complexity index is 225. The predicted molar refractivity (Wildman–Crippen MR) is 59.6 cm³/mol. The molecule has 1 unspecified atom stereocenters. The van der Waals surface area contributed by atoms with Crippen molar-refractivity contribution in [2.75, 3.05) is 19.6 Å². The lowest BCUT2D eigenvalue weighted by molar-refractivity contribution is -0.154. The molecule has 88 valence electrons. The first kappa shape index (κ1) is 12.5. The van der Waals surface area contributed by atoms with Gasteiger partial charge in [0.25, 0.3) is 0 Å².